The number of rotatable bonds is 5. The summed E-state index contributed by atoms with van der Waals surface area (Å²) in [4.78, 5) is 2.55. The second-order valence-corrected chi connectivity index (χ2v) is 11.9. The van der Waals surface area contributed by atoms with Crippen LogP contribution < -0.4 is 4.90 Å². The van der Waals surface area contributed by atoms with Crippen molar-refractivity contribution in [3.8, 4) is 0 Å². The molecule has 1 fully saturated rings. The maximum Gasteiger partial charge on any atom is 0.210 e. The van der Waals surface area contributed by atoms with E-state index in [1.165, 1.54) is 69.5 Å². The summed E-state index contributed by atoms with van der Waals surface area (Å²) in [6.45, 7) is 8.04. The molecular weight excluding hydrogens is 476 g/mol. The van der Waals surface area contributed by atoms with Crippen LogP contribution in [-0.4, -0.2) is 28.0 Å². The van der Waals surface area contributed by atoms with Crippen molar-refractivity contribution < 1.29 is 9.68 Å². The fraction of sp³-hybridized carbons (Fsp3) is 0.306. The third-order valence-electron chi connectivity index (χ3n) is 9.42. The molecule has 3 nitrogen and oxygen atoms in total. The van der Waals surface area contributed by atoms with Crippen molar-refractivity contribution in [1.29, 1.82) is 0 Å². The van der Waals surface area contributed by atoms with Gasteiger partial charge in [-0.3, -0.25) is 0 Å². The standard InChI is InChI=1S/C36H37N2O/c1-4-37-33-20-16-26-8-5-6-9-28(26)35(33)36(2,3)34(37)21-15-24-14-19-32-30(22-24)29-10-7-11-31(29)38(32)27-17-12-25(23-39)13-18-27/h5-6,8-9,12-22,29,31,39H,4,7,10-11,23H2,1-3H3/q+1. The van der Waals surface area contributed by atoms with Crippen LogP contribution in [0.25, 0.3) is 16.8 Å². The Morgan fingerprint density at radius 3 is 2.56 bits per heavy atom. The second-order valence-electron chi connectivity index (χ2n) is 11.9. The van der Waals surface area contributed by atoms with Crippen molar-refractivity contribution in [2.24, 2.45) is 0 Å². The highest BCUT2D eigenvalue weighted by Crippen LogP contribution is 2.52. The van der Waals surface area contributed by atoms with E-state index in [0.717, 1.165) is 12.1 Å². The topological polar surface area (TPSA) is 26.5 Å². The van der Waals surface area contributed by atoms with Gasteiger partial charge in [-0.1, -0.05) is 48.9 Å². The van der Waals surface area contributed by atoms with Crippen LogP contribution in [0.15, 0.2) is 84.9 Å². The number of allylic oxidation sites excluding steroid dienone is 1. The van der Waals surface area contributed by atoms with Crippen LogP contribution >= 0.6 is 0 Å². The number of nitrogens with zero attached hydrogens (tertiary/aromatic N) is 2. The van der Waals surface area contributed by atoms with Gasteiger partial charge >= 0.3 is 0 Å². The lowest BCUT2D eigenvalue weighted by Crippen LogP contribution is -2.27. The number of aliphatic hydroxyl groups excluding tert-OH is 1. The van der Waals surface area contributed by atoms with Crippen LogP contribution in [0.5, 0.6) is 0 Å². The maximum atomic E-state index is 9.50. The lowest BCUT2D eigenvalue weighted by atomic mass is 9.79. The van der Waals surface area contributed by atoms with E-state index in [4.69, 9.17) is 0 Å². The van der Waals surface area contributed by atoms with Gasteiger partial charge in [0.1, 0.15) is 6.54 Å². The van der Waals surface area contributed by atoms with E-state index in [0.29, 0.717) is 12.0 Å². The number of aliphatic hydroxyl groups is 1. The molecule has 3 aliphatic rings. The molecule has 0 radical (unpaired) electrons. The van der Waals surface area contributed by atoms with Gasteiger partial charge in [0.2, 0.25) is 5.69 Å². The summed E-state index contributed by atoms with van der Waals surface area (Å²) in [5.74, 6) is 0.587. The molecule has 2 heterocycles. The van der Waals surface area contributed by atoms with Crippen LogP contribution in [0.4, 0.5) is 17.1 Å². The van der Waals surface area contributed by atoms with Crippen LogP contribution in [-0.2, 0) is 12.0 Å². The predicted octanol–water partition coefficient (Wildman–Crippen LogP) is 8.23. The minimum absolute atomic E-state index is 0.0759. The molecule has 0 spiro atoms. The minimum Gasteiger partial charge on any atom is -0.392 e. The first-order chi connectivity index (χ1) is 19.0. The first kappa shape index (κ1) is 24.4. The van der Waals surface area contributed by atoms with Crippen molar-refractivity contribution in [3.63, 3.8) is 0 Å². The van der Waals surface area contributed by atoms with Crippen molar-refractivity contribution in [2.75, 3.05) is 11.4 Å². The van der Waals surface area contributed by atoms with Gasteiger partial charge in [-0.05, 0) is 97.5 Å². The van der Waals surface area contributed by atoms with Gasteiger partial charge in [0.05, 0.1) is 12.0 Å². The Morgan fingerprint density at radius 1 is 0.949 bits per heavy atom. The summed E-state index contributed by atoms with van der Waals surface area (Å²) in [6, 6.07) is 29.4. The predicted molar refractivity (Wildman–Crippen MR) is 163 cm³/mol. The van der Waals surface area contributed by atoms with Crippen LogP contribution in [0.2, 0.25) is 0 Å². The zero-order valence-corrected chi connectivity index (χ0v) is 23.2. The van der Waals surface area contributed by atoms with E-state index in [2.05, 4.69) is 121 Å². The van der Waals surface area contributed by atoms with Crippen molar-refractivity contribution in [2.45, 2.75) is 64.0 Å². The highest BCUT2D eigenvalue weighted by Gasteiger charge is 2.45. The summed E-state index contributed by atoms with van der Waals surface area (Å²) in [5, 5.41) is 12.2. The lowest BCUT2D eigenvalue weighted by Gasteiger charge is -2.27. The lowest BCUT2D eigenvalue weighted by molar-refractivity contribution is -0.433. The van der Waals surface area contributed by atoms with Crippen molar-refractivity contribution in [1.82, 2.24) is 0 Å². The average Bonchev–Trinajstić information content (AvgIpc) is 3.61. The third kappa shape index (κ3) is 3.71. The molecule has 1 aliphatic carbocycles. The van der Waals surface area contributed by atoms with E-state index < -0.39 is 0 Å². The molecule has 4 aromatic rings. The zero-order valence-electron chi connectivity index (χ0n) is 23.2. The Morgan fingerprint density at radius 2 is 1.77 bits per heavy atom. The average molecular weight is 514 g/mol. The van der Waals surface area contributed by atoms with Crippen LogP contribution in [0, 0.1) is 0 Å². The van der Waals surface area contributed by atoms with Gasteiger partial charge in [-0.15, -0.1) is 0 Å². The Kier molecular flexibility index (Phi) is 5.75. The molecule has 2 aliphatic heterocycles. The van der Waals surface area contributed by atoms with Gasteiger partial charge in [-0.2, -0.15) is 4.58 Å². The monoisotopic (exact) mass is 513 g/mol. The molecule has 0 bridgehead atoms. The highest BCUT2D eigenvalue weighted by atomic mass is 16.3. The molecule has 2 unspecified atom stereocenters. The molecule has 39 heavy (non-hydrogen) atoms. The fourth-order valence-electron chi connectivity index (χ4n) is 7.63. The molecule has 1 saturated carbocycles. The third-order valence-corrected chi connectivity index (χ3v) is 9.42. The van der Waals surface area contributed by atoms with Gasteiger partial charge in [0.25, 0.3) is 0 Å². The smallest absolute Gasteiger partial charge is 0.210 e. The van der Waals surface area contributed by atoms with Gasteiger partial charge < -0.3 is 10.0 Å². The van der Waals surface area contributed by atoms with E-state index >= 15 is 0 Å². The van der Waals surface area contributed by atoms with E-state index in [1.807, 2.05) is 0 Å². The SMILES string of the molecule is CC[N+]1=C(/C=C/c2ccc3c(c2)C2CCCC2N3c2ccc(CO)cc2)C(C)(C)c2c1ccc1ccccc21. The summed E-state index contributed by atoms with van der Waals surface area (Å²) in [7, 11) is 0. The maximum absolute atomic E-state index is 9.50. The summed E-state index contributed by atoms with van der Waals surface area (Å²) < 4.78 is 2.50. The molecule has 0 amide bonds. The Balaban J connectivity index is 1.26. The molecule has 0 aromatic heterocycles. The number of benzene rings is 4. The summed E-state index contributed by atoms with van der Waals surface area (Å²) in [6.07, 6.45) is 8.47. The molecule has 196 valence electrons. The first-order valence-corrected chi connectivity index (χ1v) is 14.5. The zero-order chi connectivity index (χ0) is 26.7. The highest BCUT2D eigenvalue weighted by molar-refractivity contribution is 6.09. The number of anilines is 2. The van der Waals surface area contributed by atoms with E-state index in [1.54, 1.807) is 0 Å². The molecule has 2 atom stereocenters. The Labute approximate surface area is 231 Å². The first-order valence-electron chi connectivity index (χ1n) is 14.5. The molecular formula is C36H37N2O+. The Hall–Kier alpha value is -3.69. The number of hydrogen-bond donors (Lipinski definition) is 1. The van der Waals surface area contributed by atoms with E-state index in [9.17, 15) is 5.11 Å². The van der Waals surface area contributed by atoms with Crippen molar-refractivity contribution in [3.05, 3.63) is 107 Å². The second kappa shape index (κ2) is 9.20. The molecule has 3 heteroatoms. The minimum atomic E-state index is -0.0759. The molecule has 1 N–H and O–H groups in total. The normalized spacial score (nSPS) is 21.2. The van der Waals surface area contributed by atoms with Gasteiger partial charge in [0, 0.05) is 41.0 Å². The van der Waals surface area contributed by atoms with Gasteiger partial charge in [-0.25, -0.2) is 0 Å². The number of fused-ring (bicyclic) bond motifs is 6. The largest absolute Gasteiger partial charge is 0.392 e. The Bertz CT molecular complexity index is 1640. The molecule has 7 rings (SSSR count). The van der Waals surface area contributed by atoms with Crippen molar-refractivity contribution >= 4 is 39.6 Å². The molecule has 4 aromatic carbocycles. The van der Waals surface area contributed by atoms with Gasteiger partial charge in [0.15, 0.2) is 5.71 Å². The quantitative estimate of drug-likeness (QED) is 0.272. The molecule has 0 saturated heterocycles. The van der Waals surface area contributed by atoms with E-state index in [-0.39, 0.29) is 12.0 Å². The fourth-order valence-corrected chi connectivity index (χ4v) is 7.63. The van der Waals surface area contributed by atoms with Crippen LogP contribution in [0.1, 0.15) is 68.2 Å². The van der Waals surface area contributed by atoms with Crippen LogP contribution in [0.3, 0.4) is 0 Å². The number of hydrogen-bond acceptors (Lipinski definition) is 2. The summed E-state index contributed by atoms with van der Waals surface area (Å²) >= 11 is 0. The summed E-state index contributed by atoms with van der Waals surface area (Å²) in [5.41, 5.74) is 10.4.